The van der Waals surface area contributed by atoms with E-state index in [2.05, 4.69) is 4.98 Å². The molecule has 0 aliphatic heterocycles. The first-order valence-corrected chi connectivity index (χ1v) is 9.90. The van der Waals surface area contributed by atoms with Gasteiger partial charge in [0, 0.05) is 12.1 Å². The maximum atomic E-state index is 13.1. The molecule has 0 radical (unpaired) electrons. The SMILES string of the molecule is CCn1c(=O)c2c(ncn2CC(=O)c2cccc(OC)c2)n(-c2ccccc2C)c1=O. The van der Waals surface area contributed by atoms with Crippen molar-refractivity contribution in [2.45, 2.75) is 26.9 Å². The molecular formula is C23H22N4O4. The van der Waals surface area contributed by atoms with E-state index in [-0.39, 0.29) is 30.0 Å². The molecule has 31 heavy (non-hydrogen) atoms. The van der Waals surface area contributed by atoms with Crippen LogP contribution >= 0.6 is 0 Å². The monoisotopic (exact) mass is 418 g/mol. The Morgan fingerprint density at radius 1 is 1.10 bits per heavy atom. The first-order chi connectivity index (χ1) is 15.0. The molecule has 0 saturated heterocycles. The van der Waals surface area contributed by atoms with Gasteiger partial charge in [-0.25, -0.2) is 14.3 Å². The second kappa shape index (κ2) is 8.06. The van der Waals surface area contributed by atoms with Crippen LogP contribution in [0.5, 0.6) is 5.75 Å². The third-order valence-corrected chi connectivity index (χ3v) is 5.28. The van der Waals surface area contributed by atoms with Crippen LogP contribution in [0.1, 0.15) is 22.8 Å². The lowest BCUT2D eigenvalue weighted by molar-refractivity contribution is 0.0973. The van der Waals surface area contributed by atoms with Gasteiger partial charge in [-0.3, -0.25) is 14.2 Å². The van der Waals surface area contributed by atoms with Crippen LogP contribution in [0.25, 0.3) is 16.9 Å². The number of ether oxygens (including phenoxy) is 1. The van der Waals surface area contributed by atoms with E-state index in [1.54, 1.807) is 37.3 Å². The second-order valence-electron chi connectivity index (χ2n) is 7.15. The number of hydrogen-bond acceptors (Lipinski definition) is 5. The van der Waals surface area contributed by atoms with E-state index in [1.807, 2.05) is 25.1 Å². The van der Waals surface area contributed by atoms with Crippen molar-refractivity contribution in [3.05, 3.63) is 86.8 Å². The Morgan fingerprint density at radius 2 is 1.87 bits per heavy atom. The molecule has 0 aliphatic rings. The van der Waals surface area contributed by atoms with E-state index in [9.17, 15) is 14.4 Å². The van der Waals surface area contributed by atoms with Crippen LogP contribution in [0.4, 0.5) is 0 Å². The summed E-state index contributed by atoms with van der Waals surface area (Å²) in [5.41, 5.74) is 1.48. The Hall–Kier alpha value is -3.94. The van der Waals surface area contributed by atoms with Crippen LogP contribution in [0.2, 0.25) is 0 Å². The van der Waals surface area contributed by atoms with Crippen LogP contribution in [-0.2, 0) is 13.1 Å². The molecule has 2 aromatic carbocycles. The maximum Gasteiger partial charge on any atom is 0.337 e. The highest BCUT2D eigenvalue weighted by Gasteiger charge is 2.20. The lowest BCUT2D eigenvalue weighted by Crippen LogP contribution is -2.40. The standard InChI is InChI=1S/C23H22N4O4/c1-4-26-22(29)20-21(27(23(26)30)18-11-6-5-8-15(18)2)24-14-25(20)13-19(28)16-9-7-10-17(12-16)31-3/h5-12,14H,4,13H2,1-3H3. The summed E-state index contributed by atoms with van der Waals surface area (Å²) in [4.78, 5) is 43.4. The van der Waals surface area contributed by atoms with Crippen LogP contribution < -0.4 is 16.0 Å². The molecular weight excluding hydrogens is 396 g/mol. The molecule has 0 N–H and O–H groups in total. The summed E-state index contributed by atoms with van der Waals surface area (Å²) in [5, 5.41) is 0. The minimum atomic E-state index is -0.469. The number of imidazole rings is 1. The quantitative estimate of drug-likeness (QED) is 0.449. The summed E-state index contributed by atoms with van der Waals surface area (Å²) < 4.78 is 9.27. The van der Waals surface area contributed by atoms with Crippen molar-refractivity contribution in [3.63, 3.8) is 0 Å². The van der Waals surface area contributed by atoms with Gasteiger partial charge in [0.05, 0.1) is 25.7 Å². The molecule has 0 amide bonds. The second-order valence-corrected chi connectivity index (χ2v) is 7.15. The van der Waals surface area contributed by atoms with E-state index < -0.39 is 11.2 Å². The number of benzene rings is 2. The number of hydrogen-bond donors (Lipinski definition) is 0. The molecule has 0 unspecified atom stereocenters. The predicted octanol–water partition coefficient (Wildman–Crippen LogP) is 2.57. The third kappa shape index (κ3) is 3.46. The van der Waals surface area contributed by atoms with E-state index >= 15 is 0 Å². The van der Waals surface area contributed by atoms with Gasteiger partial charge in [-0.05, 0) is 37.6 Å². The summed E-state index contributed by atoms with van der Waals surface area (Å²) in [7, 11) is 1.53. The van der Waals surface area contributed by atoms with Crippen molar-refractivity contribution in [1.29, 1.82) is 0 Å². The predicted molar refractivity (Wildman–Crippen MR) is 117 cm³/mol. The number of methoxy groups -OCH3 is 1. The molecule has 158 valence electrons. The van der Waals surface area contributed by atoms with Crippen LogP contribution in [0, 0.1) is 6.92 Å². The lowest BCUT2D eigenvalue weighted by Gasteiger charge is -2.13. The number of carbonyl (C=O) groups excluding carboxylic acids is 1. The highest BCUT2D eigenvalue weighted by molar-refractivity contribution is 5.96. The number of carbonyl (C=O) groups is 1. The van der Waals surface area contributed by atoms with Gasteiger partial charge in [0.2, 0.25) is 0 Å². The summed E-state index contributed by atoms with van der Waals surface area (Å²) in [6.45, 7) is 3.74. The lowest BCUT2D eigenvalue weighted by atomic mass is 10.1. The topological polar surface area (TPSA) is 88.1 Å². The fourth-order valence-electron chi connectivity index (χ4n) is 3.65. The van der Waals surface area contributed by atoms with Crippen LogP contribution in [0.3, 0.4) is 0 Å². The Balaban J connectivity index is 1.90. The van der Waals surface area contributed by atoms with Crippen molar-refractivity contribution in [2.75, 3.05) is 7.11 Å². The van der Waals surface area contributed by atoms with Gasteiger partial charge in [-0.1, -0.05) is 30.3 Å². The highest BCUT2D eigenvalue weighted by Crippen LogP contribution is 2.18. The van der Waals surface area contributed by atoms with E-state index in [1.165, 1.54) is 22.6 Å². The van der Waals surface area contributed by atoms with Gasteiger partial charge in [0.25, 0.3) is 5.56 Å². The summed E-state index contributed by atoms with van der Waals surface area (Å²) >= 11 is 0. The number of rotatable bonds is 6. The first kappa shape index (κ1) is 20.3. The molecule has 2 aromatic heterocycles. The Kier molecular flexibility index (Phi) is 5.29. The fourth-order valence-corrected chi connectivity index (χ4v) is 3.65. The van der Waals surface area contributed by atoms with Crippen molar-refractivity contribution in [1.82, 2.24) is 18.7 Å². The molecule has 0 spiro atoms. The van der Waals surface area contributed by atoms with Gasteiger partial charge < -0.3 is 9.30 Å². The Bertz CT molecular complexity index is 1410. The minimum absolute atomic E-state index is 0.0887. The van der Waals surface area contributed by atoms with Crippen LogP contribution in [0.15, 0.2) is 64.4 Å². The van der Waals surface area contributed by atoms with E-state index in [4.69, 9.17) is 4.74 Å². The fraction of sp³-hybridized carbons (Fsp3) is 0.217. The molecule has 0 bridgehead atoms. The van der Waals surface area contributed by atoms with Crippen molar-refractivity contribution >= 4 is 16.9 Å². The number of para-hydroxylation sites is 1. The Labute approximate surface area is 178 Å². The number of Topliss-reactive ketones (excluding diaryl/α,β-unsaturated/α-hetero) is 1. The zero-order valence-corrected chi connectivity index (χ0v) is 17.5. The molecule has 0 fully saturated rings. The summed E-state index contributed by atoms with van der Waals surface area (Å²) in [6.07, 6.45) is 1.43. The third-order valence-electron chi connectivity index (χ3n) is 5.28. The normalized spacial score (nSPS) is 11.1. The molecule has 0 saturated carbocycles. The molecule has 4 rings (SSSR count). The smallest absolute Gasteiger partial charge is 0.337 e. The number of nitrogens with zero attached hydrogens (tertiary/aromatic N) is 4. The largest absolute Gasteiger partial charge is 0.497 e. The minimum Gasteiger partial charge on any atom is -0.497 e. The van der Waals surface area contributed by atoms with Crippen molar-refractivity contribution in [3.8, 4) is 11.4 Å². The van der Waals surface area contributed by atoms with Gasteiger partial charge in [-0.2, -0.15) is 0 Å². The van der Waals surface area contributed by atoms with Gasteiger partial charge >= 0.3 is 5.69 Å². The molecule has 8 nitrogen and oxygen atoms in total. The van der Waals surface area contributed by atoms with E-state index in [0.29, 0.717) is 17.0 Å². The van der Waals surface area contributed by atoms with Gasteiger partial charge in [0.15, 0.2) is 16.9 Å². The number of ketones is 1. The number of aryl methyl sites for hydroxylation is 1. The maximum absolute atomic E-state index is 13.1. The number of aromatic nitrogens is 4. The molecule has 8 heteroatoms. The van der Waals surface area contributed by atoms with E-state index in [0.717, 1.165) is 10.1 Å². The number of fused-ring (bicyclic) bond motifs is 1. The first-order valence-electron chi connectivity index (χ1n) is 9.90. The van der Waals surface area contributed by atoms with Gasteiger partial charge in [-0.15, -0.1) is 0 Å². The average molecular weight is 418 g/mol. The Morgan fingerprint density at radius 3 is 2.58 bits per heavy atom. The zero-order chi connectivity index (χ0) is 22.1. The zero-order valence-electron chi connectivity index (χ0n) is 17.5. The van der Waals surface area contributed by atoms with Gasteiger partial charge in [0.1, 0.15) is 5.75 Å². The molecule has 4 aromatic rings. The summed E-state index contributed by atoms with van der Waals surface area (Å²) in [5.74, 6) is 0.373. The molecule has 2 heterocycles. The van der Waals surface area contributed by atoms with Crippen LogP contribution in [-0.4, -0.2) is 31.6 Å². The van der Waals surface area contributed by atoms with Crippen molar-refractivity contribution in [2.24, 2.45) is 0 Å². The van der Waals surface area contributed by atoms with Crippen molar-refractivity contribution < 1.29 is 9.53 Å². The average Bonchev–Trinajstić information content (AvgIpc) is 3.18. The molecule has 0 aliphatic carbocycles. The highest BCUT2D eigenvalue weighted by atomic mass is 16.5. The molecule has 0 atom stereocenters. The summed E-state index contributed by atoms with van der Waals surface area (Å²) in [6, 6.07) is 14.2.